The van der Waals surface area contributed by atoms with Crippen LogP contribution in [0.3, 0.4) is 0 Å². The molecule has 0 radical (unpaired) electrons. The lowest BCUT2D eigenvalue weighted by molar-refractivity contribution is 0.277. The fourth-order valence-electron chi connectivity index (χ4n) is 2.58. The molecule has 0 saturated carbocycles. The number of aromatic nitrogens is 1. The van der Waals surface area contributed by atoms with E-state index in [1.165, 1.54) is 29.6 Å². The summed E-state index contributed by atoms with van der Waals surface area (Å²) in [6.45, 7) is 4.39. The Morgan fingerprint density at radius 3 is 2.52 bits per heavy atom. The molecule has 1 fully saturated rings. The Morgan fingerprint density at radius 2 is 1.86 bits per heavy atom. The second-order valence-corrected chi connectivity index (χ2v) is 5.19. The van der Waals surface area contributed by atoms with Crippen LogP contribution in [0.4, 0.5) is 0 Å². The summed E-state index contributed by atoms with van der Waals surface area (Å²) in [4.78, 5) is 0. The number of hydrogen-bond acceptors (Lipinski definition) is 3. The Kier molecular flexibility index (Phi) is 5.81. The lowest BCUT2D eigenvalue weighted by Crippen LogP contribution is -2.15. The fraction of sp³-hybridized carbons (Fsp3) is 0.471. The van der Waals surface area contributed by atoms with Gasteiger partial charge in [0.25, 0.3) is 0 Å². The largest absolute Gasteiger partial charge is 0.388 e. The van der Waals surface area contributed by atoms with Crippen LogP contribution >= 0.6 is 0 Å². The Bertz CT molecular complexity index is 582. The predicted molar refractivity (Wildman–Crippen MR) is 88.0 cm³/mol. The van der Waals surface area contributed by atoms with Gasteiger partial charge in [0.1, 0.15) is 0 Å². The number of hydrogen-bond donors (Lipinski definition) is 0. The molecule has 21 heavy (non-hydrogen) atoms. The van der Waals surface area contributed by atoms with Crippen LogP contribution < -0.4 is 0 Å². The number of hydrazone groups is 1. The first-order chi connectivity index (χ1) is 10.3. The monoisotopic (exact) mass is 287 g/mol. The van der Waals surface area contributed by atoms with E-state index in [0.29, 0.717) is 0 Å². The van der Waals surface area contributed by atoms with E-state index in [0.717, 1.165) is 19.5 Å². The van der Waals surface area contributed by atoms with Crippen molar-refractivity contribution in [2.75, 3.05) is 27.3 Å². The van der Waals surface area contributed by atoms with Crippen molar-refractivity contribution >= 4 is 11.2 Å². The minimum absolute atomic E-state index is 0.977. The molecule has 4 heteroatoms. The maximum absolute atomic E-state index is 4.82. The highest BCUT2D eigenvalue weighted by molar-refractivity contribution is 6.06. The summed E-state index contributed by atoms with van der Waals surface area (Å²) in [5.41, 5.74) is 3.72. The quantitative estimate of drug-likeness (QED) is 0.810. The minimum Gasteiger partial charge on any atom is -0.388 e. The van der Waals surface area contributed by atoms with E-state index in [1.807, 2.05) is 0 Å². The molecule has 2 aromatic heterocycles. The van der Waals surface area contributed by atoms with Crippen LogP contribution in [0.15, 0.2) is 41.8 Å². The number of nitrogens with zero attached hydrogens (tertiary/aromatic N) is 3. The smallest absolute Gasteiger partial charge is 0.0696 e. The van der Waals surface area contributed by atoms with Gasteiger partial charge in [-0.15, -0.1) is 0 Å². The molecular formula is C17H25N3O. The van der Waals surface area contributed by atoms with Gasteiger partial charge in [-0.3, -0.25) is 5.01 Å². The van der Waals surface area contributed by atoms with Crippen molar-refractivity contribution in [2.45, 2.75) is 26.2 Å². The lowest BCUT2D eigenvalue weighted by Gasteiger charge is -2.13. The van der Waals surface area contributed by atoms with Crippen LogP contribution in [0, 0.1) is 0 Å². The van der Waals surface area contributed by atoms with Gasteiger partial charge < -0.3 is 9.14 Å². The molecule has 1 aliphatic rings. The molecule has 0 atom stereocenters. The van der Waals surface area contributed by atoms with E-state index in [2.05, 4.69) is 57.7 Å². The van der Waals surface area contributed by atoms with Gasteiger partial charge >= 0.3 is 0 Å². The van der Waals surface area contributed by atoms with Crippen molar-refractivity contribution in [1.82, 2.24) is 9.41 Å². The van der Waals surface area contributed by atoms with Gasteiger partial charge in [0.15, 0.2) is 0 Å². The topological polar surface area (TPSA) is 29.2 Å². The summed E-state index contributed by atoms with van der Waals surface area (Å²) in [7, 11) is 3.25. The van der Waals surface area contributed by atoms with Gasteiger partial charge in [-0.2, -0.15) is 5.10 Å². The SMILES string of the molecule is CC/C(=N\N1CCCC1)c1ccn2ccccc12.COC. The molecule has 1 aliphatic heterocycles. The van der Waals surface area contributed by atoms with E-state index in [4.69, 9.17) is 5.10 Å². The van der Waals surface area contributed by atoms with Crippen molar-refractivity contribution in [3.05, 3.63) is 42.2 Å². The molecule has 0 N–H and O–H groups in total. The molecule has 114 valence electrons. The Balaban J connectivity index is 0.000000497. The molecule has 0 amide bonds. The third-order valence-corrected chi connectivity index (χ3v) is 3.56. The third-order valence-electron chi connectivity index (χ3n) is 3.56. The van der Waals surface area contributed by atoms with Gasteiger partial charge in [-0.05, 0) is 37.5 Å². The summed E-state index contributed by atoms with van der Waals surface area (Å²) >= 11 is 0. The molecular weight excluding hydrogens is 262 g/mol. The summed E-state index contributed by atoms with van der Waals surface area (Å²) in [6, 6.07) is 8.47. The number of pyridine rings is 1. The average molecular weight is 287 g/mol. The Labute approximate surface area is 127 Å². The van der Waals surface area contributed by atoms with Gasteiger partial charge in [-0.1, -0.05) is 13.0 Å². The number of ether oxygens (including phenoxy) is 1. The normalized spacial score (nSPS) is 15.2. The first-order valence-electron chi connectivity index (χ1n) is 7.58. The molecule has 3 heterocycles. The van der Waals surface area contributed by atoms with Crippen molar-refractivity contribution in [3.63, 3.8) is 0 Å². The van der Waals surface area contributed by atoms with Crippen molar-refractivity contribution < 1.29 is 4.74 Å². The Morgan fingerprint density at radius 1 is 1.14 bits per heavy atom. The zero-order chi connectivity index (χ0) is 15.1. The Hall–Kier alpha value is -1.81. The molecule has 2 aromatic rings. The van der Waals surface area contributed by atoms with E-state index >= 15 is 0 Å². The molecule has 0 aromatic carbocycles. The van der Waals surface area contributed by atoms with Crippen molar-refractivity contribution in [1.29, 1.82) is 0 Å². The third kappa shape index (κ3) is 3.85. The maximum atomic E-state index is 4.82. The molecule has 1 saturated heterocycles. The zero-order valence-electron chi connectivity index (χ0n) is 13.2. The number of methoxy groups -OCH3 is 1. The molecule has 0 aliphatic carbocycles. The van der Waals surface area contributed by atoms with Crippen LogP contribution in [-0.4, -0.2) is 42.4 Å². The molecule has 0 bridgehead atoms. The van der Waals surface area contributed by atoms with E-state index in [9.17, 15) is 0 Å². The van der Waals surface area contributed by atoms with Crippen molar-refractivity contribution in [2.24, 2.45) is 5.10 Å². The van der Waals surface area contributed by atoms with Crippen LogP contribution in [-0.2, 0) is 4.74 Å². The second kappa shape index (κ2) is 7.84. The number of fused-ring (bicyclic) bond motifs is 1. The fourth-order valence-corrected chi connectivity index (χ4v) is 2.58. The molecule has 3 rings (SSSR count). The lowest BCUT2D eigenvalue weighted by atomic mass is 10.1. The minimum atomic E-state index is 0.977. The highest BCUT2D eigenvalue weighted by Gasteiger charge is 2.12. The van der Waals surface area contributed by atoms with Crippen LogP contribution in [0.1, 0.15) is 31.7 Å². The first kappa shape index (κ1) is 15.6. The standard InChI is InChI=1S/C15H19N3.C2H6O/c1-2-14(16-18-10-5-6-11-18)13-8-12-17-9-4-3-7-15(13)17;1-3-2/h3-4,7-9,12H,2,5-6,10-11H2,1H3;1-2H3/b16-14+;. The maximum Gasteiger partial charge on any atom is 0.0696 e. The predicted octanol–water partition coefficient (Wildman–Crippen LogP) is 3.41. The zero-order valence-corrected chi connectivity index (χ0v) is 13.2. The van der Waals surface area contributed by atoms with E-state index in [-0.39, 0.29) is 0 Å². The summed E-state index contributed by atoms with van der Waals surface area (Å²) in [6.07, 6.45) is 7.72. The van der Waals surface area contributed by atoms with Gasteiger partial charge in [0.2, 0.25) is 0 Å². The van der Waals surface area contributed by atoms with E-state index < -0.39 is 0 Å². The van der Waals surface area contributed by atoms with Crippen LogP contribution in [0.5, 0.6) is 0 Å². The molecule has 0 unspecified atom stereocenters. The van der Waals surface area contributed by atoms with E-state index in [1.54, 1.807) is 14.2 Å². The molecule has 0 spiro atoms. The highest BCUT2D eigenvalue weighted by Crippen LogP contribution is 2.17. The average Bonchev–Trinajstić information content (AvgIpc) is 3.15. The summed E-state index contributed by atoms with van der Waals surface area (Å²) < 4.78 is 6.41. The van der Waals surface area contributed by atoms with Gasteiger partial charge in [0, 0.05) is 45.3 Å². The first-order valence-corrected chi connectivity index (χ1v) is 7.58. The van der Waals surface area contributed by atoms with Crippen LogP contribution in [0.2, 0.25) is 0 Å². The molecule has 4 nitrogen and oxygen atoms in total. The van der Waals surface area contributed by atoms with Crippen LogP contribution in [0.25, 0.3) is 5.52 Å². The number of rotatable bonds is 3. The summed E-state index contributed by atoms with van der Waals surface area (Å²) in [5.74, 6) is 0. The summed E-state index contributed by atoms with van der Waals surface area (Å²) in [5, 5.41) is 7.04. The van der Waals surface area contributed by atoms with Gasteiger partial charge in [-0.25, -0.2) is 0 Å². The van der Waals surface area contributed by atoms with Gasteiger partial charge in [0.05, 0.1) is 11.2 Å². The highest BCUT2D eigenvalue weighted by atomic mass is 16.4. The van der Waals surface area contributed by atoms with Crippen molar-refractivity contribution in [3.8, 4) is 0 Å². The second-order valence-electron chi connectivity index (χ2n) is 5.19.